The van der Waals surface area contributed by atoms with Gasteiger partial charge in [0.05, 0.1) is 11.7 Å². The summed E-state index contributed by atoms with van der Waals surface area (Å²) in [5.41, 5.74) is -1.57. The summed E-state index contributed by atoms with van der Waals surface area (Å²) in [6, 6.07) is 0. The Labute approximate surface area is 87.0 Å². The Morgan fingerprint density at radius 1 is 1.21 bits per heavy atom. The van der Waals surface area contributed by atoms with E-state index in [1.165, 1.54) is 0 Å². The minimum Gasteiger partial charge on any atom is -0.387 e. The van der Waals surface area contributed by atoms with Crippen LogP contribution in [0.3, 0.4) is 0 Å². The van der Waals surface area contributed by atoms with Crippen molar-refractivity contribution < 1.29 is 9.84 Å². The molecule has 0 aromatic carbocycles. The van der Waals surface area contributed by atoms with Crippen molar-refractivity contribution in [3.05, 3.63) is 12.2 Å². The van der Waals surface area contributed by atoms with Crippen molar-refractivity contribution in [3.63, 3.8) is 0 Å². The molecule has 2 atom stereocenters. The van der Waals surface area contributed by atoms with Crippen LogP contribution in [0.5, 0.6) is 0 Å². The van der Waals surface area contributed by atoms with Crippen LogP contribution in [0.1, 0.15) is 41.5 Å². The maximum atomic E-state index is 10.2. The minimum absolute atomic E-state index is 0.0839. The Bertz CT molecular complexity index is 226. The van der Waals surface area contributed by atoms with E-state index in [0.717, 1.165) is 0 Å². The second-order valence-electron chi connectivity index (χ2n) is 5.73. The first-order valence-corrected chi connectivity index (χ1v) is 5.20. The SMILES string of the molecule is C[C@@H]1C=C[C@@](C(C)(C)C)(C(C)(C)O)O1. The van der Waals surface area contributed by atoms with Gasteiger partial charge in [0, 0.05) is 0 Å². The monoisotopic (exact) mass is 198 g/mol. The molecule has 0 aliphatic carbocycles. The van der Waals surface area contributed by atoms with Gasteiger partial charge in [0.25, 0.3) is 0 Å². The first kappa shape index (κ1) is 11.7. The largest absolute Gasteiger partial charge is 0.387 e. The normalized spacial score (nSPS) is 33.8. The molecule has 1 rings (SSSR count). The minimum atomic E-state index is -0.869. The molecule has 0 radical (unpaired) electrons. The summed E-state index contributed by atoms with van der Waals surface area (Å²) < 4.78 is 5.92. The van der Waals surface area contributed by atoms with Crippen LogP contribution in [0.4, 0.5) is 0 Å². The van der Waals surface area contributed by atoms with E-state index in [-0.39, 0.29) is 11.5 Å². The van der Waals surface area contributed by atoms with Crippen LogP contribution in [0.2, 0.25) is 0 Å². The predicted octanol–water partition coefficient (Wildman–Crippen LogP) is 2.52. The molecule has 14 heavy (non-hydrogen) atoms. The number of hydrogen-bond acceptors (Lipinski definition) is 2. The van der Waals surface area contributed by atoms with Crippen LogP contribution in [0, 0.1) is 5.41 Å². The van der Waals surface area contributed by atoms with Crippen molar-refractivity contribution >= 4 is 0 Å². The third kappa shape index (κ3) is 1.61. The van der Waals surface area contributed by atoms with E-state index >= 15 is 0 Å². The van der Waals surface area contributed by atoms with Crippen molar-refractivity contribution in [1.82, 2.24) is 0 Å². The Hall–Kier alpha value is -0.340. The van der Waals surface area contributed by atoms with Gasteiger partial charge in [-0.15, -0.1) is 0 Å². The third-order valence-electron chi connectivity index (χ3n) is 3.00. The zero-order valence-electron chi connectivity index (χ0n) is 10.1. The molecule has 2 nitrogen and oxygen atoms in total. The van der Waals surface area contributed by atoms with Crippen molar-refractivity contribution in [2.24, 2.45) is 5.41 Å². The van der Waals surface area contributed by atoms with E-state index in [4.69, 9.17) is 4.74 Å². The van der Waals surface area contributed by atoms with Gasteiger partial charge in [0.2, 0.25) is 0 Å². The molecule has 0 saturated carbocycles. The van der Waals surface area contributed by atoms with E-state index in [2.05, 4.69) is 20.8 Å². The summed E-state index contributed by atoms with van der Waals surface area (Å²) in [6.45, 7) is 11.9. The summed E-state index contributed by atoms with van der Waals surface area (Å²) in [4.78, 5) is 0. The highest BCUT2D eigenvalue weighted by Gasteiger charge is 2.54. The maximum absolute atomic E-state index is 10.2. The molecule has 0 spiro atoms. The van der Waals surface area contributed by atoms with Gasteiger partial charge >= 0.3 is 0 Å². The van der Waals surface area contributed by atoms with Crippen LogP contribution in [-0.4, -0.2) is 22.4 Å². The van der Waals surface area contributed by atoms with Crippen LogP contribution in [0.15, 0.2) is 12.2 Å². The molecule has 1 aliphatic rings. The fraction of sp³-hybridized carbons (Fsp3) is 0.833. The molecule has 0 aromatic rings. The first-order valence-electron chi connectivity index (χ1n) is 5.20. The average molecular weight is 198 g/mol. The molecule has 1 heterocycles. The highest BCUT2D eigenvalue weighted by atomic mass is 16.5. The third-order valence-corrected chi connectivity index (χ3v) is 3.00. The molecule has 0 amide bonds. The fourth-order valence-electron chi connectivity index (χ4n) is 2.34. The van der Waals surface area contributed by atoms with E-state index in [1.54, 1.807) is 13.8 Å². The zero-order valence-corrected chi connectivity index (χ0v) is 10.1. The lowest BCUT2D eigenvalue weighted by Crippen LogP contribution is -2.58. The molecule has 0 bridgehead atoms. The second kappa shape index (κ2) is 3.07. The Kier molecular flexibility index (Phi) is 2.58. The molecule has 0 unspecified atom stereocenters. The van der Waals surface area contributed by atoms with Crippen LogP contribution >= 0.6 is 0 Å². The smallest absolute Gasteiger partial charge is 0.120 e. The molecule has 0 fully saturated rings. The van der Waals surface area contributed by atoms with Crippen molar-refractivity contribution in [3.8, 4) is 0 Å². The highest BCUT2D eigenvalue weighted by Crippen LogP contribution is 2.46. The van der Waals surface area contributed by atoms with Gasteiger partial charge in [-0.1, -0.05) is 32.9 Å². The van der Waals surface area contributed by atoms with Gasteiger partial charge in [0.15, 0.2) is 0 Å². The number of aliphatic hydroxyl groups is 1. The van der Waals surface area contributed by atoms with E-state index in [9.17, 15) is 5.11 Å². The van der Waals surface area contributed by atoms with Crippen molar-refractivity contribution in [2.45, 2.75) is 58.8 Å². The number of hydrogen-bond donors (Lipinski definition) is 1. The quantitative estimate of drug-likeness (QED) is 0.656. The van der Waals surface area contributed by atoms with Crippen LogP contribution < -0.4 is 0 Å². The van der Waals surface area contributed by atoms with E-state index in [0.29, 0.717) is 0 Å². The van der Waals surface area contributed by atoms with Gasteiger partial charge in [-0.05, 0) is 26.2 Å². The van der Waals surface area contributed by atoms with Crippen LogP contribution in [-0.2, 0) is 4.74 Å². The standard InChI is InChI=1S/C12H22O2/c1-9-7-8-12(14-9,10(2,3)4)11(5,6)13/h7-9,13H,1-6H3/t9-,12-/m1/s1. The first-order chi connectivity index (χ1) is 6.10. The zero-order chi connectivity index (χ0) is 11.2. The van der Waals surface area contributed by atoms with Gasteiger partial charge in [-0.3, -0.25) is 0 Å². The lowest BCUT2D eigenvalue weighted by Gasteiger charge is -2.48. The van der Waals surface area contributed by atoms with E-state index in [1.807, 2.05) is 19.1 Å². The summed E-state index contributed by atoms with van der Waals surface area (Å²) in [7, 11) is 0. The summed E-state index contributed by atoms with van der Waals surface area (Å²) in [6.07, 6.45) is 4.11. The Morgan fingerprint density at radius 2 is 1.71 bits per heavy atom. The second-order valence-corrected chi connectivity index (χ2v) is 5.73. The molecular formula is C12H22O2. The average Bonchev–Trinajstić information content (AvgIpc) is 2.28. The lowest BCUT2D eigenvalue weighted by atomic mass is 9.68. The summed E-state index contributed by atoms with van der Waals surface area (Å²) >= 11 is 0. The van der Waals surface area contributed by atoms with Gasteiger partial charge < -0.3 is 9.84 Å². The van der Waals surface area contributed by atoms with Crippen molar-refractivity contribution in [2.75, 3.05) is 0 Å². The van der Waals surface area contributed by atoms with Gasteiger partial charge in [-0.2, -0.15) is 0 Å². The molecule has 0 saturated heterocycles. The van der Waals surface area contributed by atoms with E-state index < -0.39 is 11.2 Å². The highest BCUT2D eigenvalue weighted by molar-refractivity contribution is 5.21. The Balaban J connectivity index is 3.13. The topological polar surface area (TPSA) is 29.5 Å². The molecule has 1 N–H and O–H groups in total. The molecule has 1 aliphatic heterocycles. The Morgan fingerprint density at radius 3 is 1.86 bits per heavy atom. The predicted molar refractivity (Wildman–Crippen MR) is 58.2 cm³/mol. The maximum Gasteiger partial charge on any atom is 0.120 e. The number of ether oxygens (including phenoxy) is 1. The fourth-order valence-corrected chi connectivity index (χ4v) is 2.34. The molecule has 0 aromatic heterocycles. The summed E-state index contributed by atoms with van der Waals surface area (Å²) in [5, 5.41) is 10.2. The van der Waals surface area contributed by atoms with Crippen LogP contribution in [0.25, 0.3) is 0 Å². The molecule has 2 heteroatoms. The number of rotatable bonds is 1. The van der Waals surface area contributed by atoms with Crippen molar-refractivity contribution in [1.29, 1.82) is 0 Å². The van der Waals surface area contributed by atoms with Gasteiger partial charge in [-0.25, -0.2) is 0 Å². The summed E-state index contributed by atoms with van der Waals surface area (Å²) in [5.74, 6) is 0. The van der Waals surface area contributed by atoms with Gasteiger partial charge in [0.1, 0.15) is 5.60 Å². The molecular weight excluding hydrogens is 176 g/mol. The lowest BCUT2D eigenvalue weighted by molar-refractivity contribution is -0.190. The molecule has 82 valence electrons.